The van der Waals surface area contributed by atoms with Crippen LogP contribution in [0.4, 0.5) is 0 Å². The van der Waals surface area contributed by atoms with Gasteiger partial charge in [-0.2, -0.15) is 0 Å². The standard InChI is InChI=1S/C11H11BrO3/c12-6-2-4-9-3-1-5-10(7-9)15-8-11(13)14/h1-5,7H,6,8H2,(H,13,14). The molecule has 3 nitrogen and oxygen atoms in total. The number of carboxylic acid groups (broad SMARTS) is 1. The van der Waals surface area contributed by atoms with Crippen LogP contribution in [-0.2, 0) is 4.79 Å². The summed E-state index contributed by atoms with van der Waals surface area (Å²) < 4.78 is 5.04. The van der Waals surface area contributed by atoms with Gasteiger partial charge in [-0.25, -0.2) is 4.79 Å². The van der Waals surface area contributed by atoms with E-state index in [1.807, 2.05) is 24.3 Å². The Morgan fingerprint density at radius 2 is 2.33 bits per heavy atom. The normalized spacial score (nSPS) is 10.5. The maximum absolute atomic E-state index is 10.3. The van der Waals surface area contributed by atoms with E-state index >= 15 is 0 Å². The predicted molar refractivity (Wildman–Crippen MR) is 62.4 cm³/mol. The first-order chi connectivity index (χ1) is 7.22. The van der Waals surface area contributed by atoms with Crippen LogP contribution in [0.3, 0.4) is 0 Å². The van der Waals surface area contributed by atoms with Crippen molar-refractivity contribution in [3.8, 4) is 5.75 Å². The van der Waals surface area contributed by atoms with E-state index in [4.69, 9.17) is 9.84 Å². The second-order valence-electron chi connectivity index (χ2n) is 2.81. The minimum atomic E-state index is -0.976. The molecular weight excluding hydrogens is 260 g/mol. The van der Waals surface area contributed by atoms with Gasteiger partial charge in [0.05, 0.1) is 0 Å². The van der Waals surface area contributed by atoms with Crippen LogP contribution in [0.5, 0.6) is 5.75 Å². The zero-order valence-corrected chi connectivity index (χ0v) is 9.61. The van der Waals surface area contributed by atoms with Gasteiger partial charge in [0.25, 0.3) is 0 Å². The van der Waals surface area contributed by atoms with Crippen LogP contribution < -0.4 is 4.74 Å². The molecule has 0 amide bonds. The van der Waals surface area contributed by atoms with Crippen LogP contribution >= 0.6 is 15.9 Å². The second kappa shape index (κ2) is 6.24. The van der Waals surface area contributed by atoms with E-state index in [1.165, 1.54) is 0 Å². The maximum Gasteiger partial charge on any atom is 0.341 e. The summed E-state index contributed by atoms with van der Waals surface area (Å²) in [5.41, 5.74) is 0.984. The molecule has 1 N–H and O–H groups in total. The van der Waals surface area contributed by atoms with Gasteiger partial charge in [-0.15, -0.1) is 0 Å². The number of alkyl halides is 1. The lowest BCUT2D eigenvalue weighted by molar-refractivity contribution is -0.139. The average Bonchev–Trinajstić information content (AvgIpc) is 2.24. The smallest absolute Gasteiger partial charge is 0.341 e. The molecule has 1 rings (SSSR count). The number of benzene rings is 1. The third-order valence-corrected chi connectivity index (χ3v) is 1.99. The first kappa shape index (κ1) is 11.8. The third kappa shape index (κ3) is 4.65. The SMILES string of the molecule is O=C(O)COc1cccc(C=CCBr)c1. The Bertz CT molecular complexity index is 361. The van der Waals surface area contributed by atoms with Gasteiger partial charge in [0.15, 0.2) is 6.61 Å². The van der Waals surface area contributed by atoms with E-state index in [2.05, 4.69) is 15.9 Å². The Hall–Kier alpha value is -1.29. The highest BCUT2D eigenvalue weighted by molar-refractivity contribution is 9.09. The molecule has 0 aliphatic carbocycles. The molecule has 0 aromatic heterocycles. The molecule has 0 spiro atoms. The first-order valence-electron chi connectivity index (χ1n) is 4.39. The van der Waals surface area contributed by atoms with Gasteiger partial charge < -0.3 is 9.84 Å². The number of aliphatic carboxylic acids is 1. The summed E-state index contributed by atoms with van der Waals surface area (Å²) in [6, 6.07) is 7.27. The van der Waals surface area contributed by atoms with E-state index in [9.17, 15) is 4.79 Å². The van der Waals surface area contributed by atoms with Crippen LogP contribution in [0, 0.1) is 0 Å². The molecule has 80 valence electrons. The molecule has 0 atom stereocenters. The molecular formula is C11H11BrO3. The fraction of sp³-hybridized carbons (Fsp3) is 0.182. The van der Waals surface area contributed by atoms with Crippen molar-refractivity contribution in [2.45, 2.75) is 0 Å². The summed E-state index contributed by atoms with van der Waals surface area (Å²) in [5, 5.41) is 9.23. The van der Waals surface area contributed by atoms with E-state index in [0.717, 1.165) is 10.9 Å². The Balaban J connectivity index is 2.65. The van der Waals surface area contributed by atoms with E-state index in [0.29, 0.717) is 5.75 Å². The molecule has 4 heteroatoms. The highest BCUT2D eigenvalue weighted by Gasteiger charge is 1.98. The number of rotatable bonds is 5. The third-order valence-electron chi connectivity index (χ3n) is 1.62. The van der Waals surface area contributed by atoms with Crippen molar-refractivity contribution in [1.29, 1.82) is 0 Å². The summed E-state index contributed by atoms with van der Waals surface area (Å²) in [6.45, 7) is -0.314. The van der Waals surface area contributed by atoms with Crippen molar-refractivity contribution < 1.29 is 14.6 Å². The summed E-state index contributed by atoms with van der Waals surface area (Å²) in [5.74, 6) is -0.412. The predicted octanol–water partition coefficient (Wildman–Crippen LogP) is 2.56. The summed E-state index contributed by atoms with van der Waals surface area (Å²) in [4.78, 5) is 10.3. The number of ether oxygens (including phenoxy) is 1. The molecule has 0 saturated heterocycles. The molecule has 0 unspecified atom stereocenters. The summed E-state index contributed by atoms with van der Waals surface area (Å²) in [7, 11) is 0. The van der Waals surface area contributed by atoms with Crippen LogP contribution in [0.25, 0.3) is 6.08 Å². The molecule has 0 saturated carbocycles. The number of allylic oxidation sites excluding steroid dienone is 1. The Morgan fingerprint density at radius 1 is 1.53 bits per heavy atom. The summed E-state index contributed by atoms with van der Waals surface area (Å²) in [6.07, 6.45) is 3.89. The summed E-state index contributed by atoms with van der Waals surface area (Å²) >= 11 is 3.28. The van der Waals surface area contributed by atoms with Gasteiger partial charge in [0.2, 0.25) is 0 Å². The lowest BCUT2D eigenvalue weighted by Crippen LogP contribution is -2.09. The molecule has 0 heterocycles. The van der Waals surface area contributed by atoms with Crippen LogP contribution in [0.1, 0.15) is 5.56 Å². The zero-order valence-electron chi connectivity index (χ0n) is 8.02. The van der Waals surface area contributed by atoms with Gasteiger partial charge >= 0.3 is 5.97 Å². The van der Waals surface area contributed by atoms with Crippen molar-refractivity contribution in [1.82, 2.24) is 0 Å². The highest BCUT2D eigenvalue weighted by Crippen LogP contribution is 2.14. The molecule has 1 aromatic rings. The molecule has 0 radical (unpaired) electrons. The fourth-order valence-corrected chi connectivity index (χ4v) is 1.22. The number of hydrogen-bond acceptors (Lipinski definition) is 2. The van der Waals surface area contributed by atoms with Crippen LogP contribution in [0.2, 0.25) is 0 Å². The largest absolute Gasteiger partial charge is 0.482 e. The van der Waals surface area contributed by atoms with Crippen molar-refractivity contribution in [2.75, 3.05) is 11.9 Å². The van der Waals surface area contributed by atoms with Crippen molar-refractivity contribution in [2.24, 2.45) is 0 Å². The van der Waals surface area contributed by atoms with Crippen molar-refractivity contribution >= 4 is 28.0 Å². The monoisotopic (exact) mass is 270 g/mol. The number of halogens is 1. The second-order valence-corrected chi connectivity index (χ2v) is 3.46. The maximum atomic E-state index is 10.3. The lowest BCUT2D eigenvalue weighted by atomic mass is 10.2. The molecule has 15 heavy (non-hydrogen) atoms. The van der Waals surface area contributed by atoms with E-state index in [-0.39, 0.29) is 6.61 Å². The van der Waals surface area contributed by atoms with Crippen LogP contribution in [0.15, 0.2) is 30.3 Å². The molecule has 0 fully saturated rings. The number of carbonyl (C=O) groups is 1. The van der Waals surface area contributed by atoms with E-state index in [1.54, 1.807) is 12.1 Å². The van der Waals surface area contributed by atoms with E-state index < -0.39 is 5.97 Å². The van der Waals surface area contributed by atoms with Crippen LogP contribution in [-0.4, -0.2) is 23.0 Å². The molecule has 1 aromatic carbocycles. The lowest BCUT2D eigenvalue weighted by Gasteiger charge is -2.03. The van der Waals surface area contributed by atoms with Gasteiger partial charge in [-0.3, -0.25) is 0 Å². The topological polar surface area (TPSA) is 46.5 Å². The van der Waals surface area contributed by atoms with Crippen molar-refractivity contribution in [3.05, 3.63) is 35.9 Å². The Kier molecular flexibility index (Phi) is 4.90. The Morgan fingerprint density at radius 3 is 3.00 bits per heavy atom. The van der Waals surface area contributed by atoms with Gasteiger partial charge in [0.1, 0.15) is 5.75 Å². The quantitative estimate of drug-likeness (QED) is 0.837. The Labute approximate surface area is 96.5 Å². The first-order valence-corrected chi connectivity index (χ1v) is 5.51. The minimum absolute atomic E-state index is 0.314. The average molecular weight is 271 g/mol. The molecule has 0 aliphatic heterocycles. The fourth-order valence-electron chi connectivity index (χ4n) is 1.03. The molecule has 0 aliphatic rings. The minimum Gasteiger partial charge on any atom is -0.482 e. The number of carboxylic acids is 1. The van der Waals surface area contributed by atoms with Gasteiger partial charge in [0, 0.05) is 5.33 Å². The number of hydrogen-bond donors (Lipinski definition) is 1. The zero-order chi connectivity index (χ0) is 11.1. The van der Waals surface area contributed by atoms with Gasteiger partial charge in [-0.1, -0.05) is 40.2 Å². The highest BCUT2D eigenvalue weighted by atomic mass is 79.9. The van der Waals surface area contributed by atoms with Gasteiger partial charge in [-0.05, 0) is 17.7 Å². The molecule has 0 bridgehead atoms. The van der Waals surface area contributed by atoms with Crippen molar-refractivity contribution in [3.63, 3.8) is 0 Å².